The summed E-state index contributed by atoms with van der Waals surface area (Å²) in [6.45, 7) is 7.63. The van der Waals surface area contributed by atoms with Crippen molar-refractivity contribution in [2.75, 3.05) is 11.9 Å². The smallest absolute Gasteiger partial charge is 0.280 e. The highest BCUT2D eigenvalue weighted by atomic mass is 35.5. The summed E-state index contributed by atoms with van der Waals surface area (Å²) in [7, 11) is 1.98. The number of aliphatic imine (C=N–C) groups is 1. The third-order valence-corrected chi connectivity index (χ3v) is 5.17. The summed E-state index contributed by atoms with van der Waals surface area (Å²) >= 11 is 6.32. The second kappa shape index (κ2) is 6.06. The van der Waals surface area contributed by atoms with Crippen molar-refractivity contribution in [3.8, 4) is 0 Å². The van der Waals surface area contributed by atoms with Crippen LogP contribution in [-0.2, 0) is 0 Å². The number of hydrogen-bond donors (Lipinski definition) is 0. The lowest BCUT2D eigenvalue weighted by Gasteiger charge is -2.41. The van der Waals surface area contributed by atoms with Crippen molar-refractivity contribution in [2.45, 2.75) is 39.8 Å². The first-order chi connectivity index (χ1) is 11.6. The number of anilines is 1. The van der Waals surface area contributed by atoms with Crippen LogP contribution >= 0.6 is 11.6 Å². The van der Waals surface area contributed by atoms with Crippen molar-refractivity contribution >= 4 is 23.0 Å². The van der Waals surface area contributed by atoms with Crippen LogP contribution in [0.5, 0.6) is 0 Å². The molecule has 6 heteroatoms. The number of pyridine rings is 1. The molecule has 0 N–H and O–H groups in total. The number of rotatable bonds is 2. The van der Waals surface area contributed by atoms with E-state index >= 15 is 0 Å². The van der Waals surface area contributed by atoms with Gasteiger partial charge < -0.3 is 4.90 Å². The number of halogens is 3. The molecule has 1 aromatic carbocycles. The van der Waals surface area contributed by atoms with Gasteiger partial charge in [-0.15, -0.1) is 0 Å². The molecule has 1 aromatic heterocycles. The average molecular weight is 364 g/mol. The maximum atomic E-state index is 13.0. The van der Waals surface area contributed by atoms with E-state index in [1.54, 1.807) is 13.0 Å². The molecule has 0 spiro atoms. The zero-order chi connectivity index (χ0) is 18.5. The quantitative estimate of drug-likeness (QED) is 0.723. The zero-order valence-electron chi connectivity index (χ0n) is 14.9. The molecule has 132 valence electrons. The number of aryl methyl sites for hydroxylation is 1. The van der Waals surface area contributed by atoms with E-state index in [1.807, 2.05) is 40.0 Å². The van der Waals surface area contributed by atoms with Gasteiger partial charge >= 0.3 is 0 Å². The Morgan fingerprint density at radius 1 is 1.20 bits per heavy atom. The Bertz CT molecular complexity index is 875. The first-order valence-electron chi connectivity index (χ1n) is 8.01. The number of benzene rings is 1. The summed E-state index contributed by atoms with van der Waals surface area (Å²) in [4.78, 5) is 10.9. The minimum atomic E-state index is -2.58. The maximum absolute atomic E-state index is 13.0. The molecular weight excluding hydrogens is 344 g/mol. The highest BCUT2D eigenvalue weighted by molar-refractivity contribution is 6.32. The third-order valence-electron chi connectivity index (χ3n) is 4.76. The molecule has 2 heterocycles. The lowest BCUT2D eigenvalue weighted by atomic mass is 9.93. The Labute approximate surface area is 151 Å². The maximum Gasteiger partial charge on any atom is 0.280 e. The fraction of sp³-hybridized carbons (Fsp3) is 0.368. The first kappa shape index (κ1) is 17.8. The Kier molecular flexibility index (Phi) is 4.31. The van der Waals surface area contributed by atoms with Gasteiger partial charge in [-0.2, -0.15) is 0 Å². The Morgan fingerprint density at radius 2 is 1.88 bits per heavy atom. The van der Waals surface area contributed by atoms with Gasteiger partial charge in [0.25, 0.3) is 6.43 Å². The summed E-state index contributed by atoms with van der Waals surface area (Å²) in [5, 5.41) is 0.685. The van der Waals surface area contributed by atoms with E-state index in [4.69, 9.17) is 16.6 Å². The van der Waals surface area contributed by atoms with Gasteiger partial charge in [-0.1, -0.05) is 11.6 Å². The van der Waals surface area contributed by atoms with Gasteiger partial charge in [0.2, 0.25) is 0 Å². The van der Waals surface area contributed by atoms with Crippen LogP contribution in [-0.4, -0.2) is 23.4 Å². The fourth-order valence-corrected chi connectivity index (χ4v) is 3.30. The largest absolute Gasteiger partial charge is 0.350 e. The average Bonchev–Trinajstić information content (AvgIpc) is 2.53. The van der Waals surface area contributed by atoms with Gasteiger partial charge in [-0.05, 0) is 57.0 Å². The predicted octanol–water partition coefficient (Wildman–Crippen LogP) is 5.31. The molecule has 3 rings (SSSR count). The third kappa shape index (κ3) is 2.91. The van der Waals surface area contributed by atoms with Gasteiger partial charge in [0, 0.05) is 29.4 Å². The van der Waals surface area contributed by atoms with Crippen LogP contribution in [0.15, 0.2) is 29.4 Å². The van der Waals surface area contributed by atoms with E-state index in [0.717, 1.165) is 28.1 Å². The van der Waals surface area contributed by atoms with Crippen LogP contribution in [0.2, 0.25) is 5.02 Å². The fourth-order valence-electron chi connectivity index (χ4n) is 3.14. The van der Waals surface area contributed by atoms with E-state index in [1.165, 1.54) is 6.20 Å². The molecule has 0 radical (unpaired) electrons. The molecule has 0 saturated carbocycles. The topological polar surface area (TPSA) is 28.5 Å². The van der Waals surface area contributed by atoms with Gasteiger partial charge in [0.15, 0.2) is 0 Å². The zero-order valence-corrected chi connectivity index (χ0v) is 15.6. The van der Waals surface area contributed by atoms with Crippen molar-refractivity contribution < 1.29 is 8.78 Å². The molecule has 3 nitrogen and oxygen atoms in total. The highest BCUT2D eigenvalue weighted by Gasteiger charge is 2.33. The van der Waals surface area contributed by atoms with Crippen LogP contribution in [0, 0.1) is 13.8 Å². The second-order valence-electron chi connectivity index (χ2n) is 6.81. The second-order valence-corrected chi connectivity index (χ2v) is 7.22. The predicted molar refractivity (Wildman–Crippen MR) is 98.2 cm³/mol. The lowest BCUT2D eigenvalue weighted by Crippen LogP contribution is -2.44. The lowest BCUT2D eigenvalue weighted by molar-refractivity contribution is 0.145. The SMILES string of the molecule is Cc1cc(C2=NC(C)(C)N(C)c3c2ccc(Cl)c3C)cnc1C(F)F. The Balaban J connectivity index is 2.23. The van der Waals surface area contributed by atoms with Crippen molar-refractivity contribution in [3.05, 3.63) is 57.4 Å². The van der Waals surface area contributed by atoms with E-state index in [2.05, 4.69) is 9.88 Å². The van der Waals surface area contributed by atoms with E-state index in [-0.39, 0.29) is 5.69 Å². The van der Waals surface area contributed by atoms with Gasteiger partial charge in [0.05, 0.1) is 11.4 Å². The molecule has 1 aliphatic heterocycles. The molecule has 0 aliphatic carbocycles. The first-order valence-corrected chi connectivity index (χ1v) is 8.39. The Hall–Kier alpha value is -2.01. The van der Waals surface area contributed by atoms with Crippen molar-refractivity contribution in [1.29, 1.82) is 0 Å². The Morgan fingerprint density at radius 3 is 2.48 bits per heavy atom. The van der Waals surface area contributed by atoms with Gasteiger partial charge in [-0.25, -0.2) is 8.78 Å². The number of nitrogens with zero attached hydrogens (tertiary/aromatic N) is 3. The number of aromatic nitrogens is 1. The van der Waals surface area contributed by atoms with Crippen LogP contribution in [0.25, 0.3) is 0 Å². The van der Waals surface area contributed by atoms with Gasteiger partial charge in [0.1, 0.15) is 11.4 Å². The standard InChI is InChI=1S/C19H20ClF2N3/c1-10-8-12(9-23-15(10)18(21)22)16-13-6-7-14(20)11(2)17(13)25(5)19(3,4)24-16/h6-9,18H,1-5H3. The number of alkyl halides is 2. The van der Waals surface area contributed by atoms with Crippen molar-refractivity contribution in [1.82, 2.24) is 4.98 Å². The highest BCUT2D eigenvalue weighted by Crippen LogP contribution is 2.39. The molecule has 0 amide bonds. The monoisotopic (exact) mass is 363 g/mol. The van der Waals surface area contributed by atoms with E-state index in [0.29, 0.717) is 10.6 Å². The van der Waals surface area contributed by atoms with Gasteiger partial charge in [-0.3, -0.25) is 9.98 Å². The minimum Gasteiger partial charge on any atom is -0.350 e. The molecule has 0 atom stereocenters. The molecule has 0 saturated heterocycles. The summed E-state index contributed by atoms with van der Waals surface area (Å²) in [5.74, 6) is 0. The van der Waals surface area contributed by atoms with Crippen LogP contribution in [0.1, 0.15) is 48.2 Å². The summed E-state index contributed by atoms with van der Waals surface area (Å²) < 4.78 is 26.0. The molecule has 1 aliphatic rings. The minimum absolute atomic E-state index is 0.191. The molecular formula is C19H20ClF2N3. The van der Waals surface area contributed by atoms with Crippen molar-refractivity contribution in [3.63, 3.8) is 0 Å². The molecule has 0 fully saturated rings. The molecule has 0 bridgehead atoms. The van der Waals surface area contributed by atoms with E-state index < -0.39 is 12.1 Å². The summed E-state index contributed by atoms with van der Waals surface area (Å²) in [6.07, 6.45) is -1.11. The summed E-state index contributed by atoms with van der Waals surface area (Å²) in [5.41, 5.74) is 4.14. The number of fused-ring (bicyclic) bond motifs is 1. The van der Waals surface area contributed by atoms with Crippen molar-refractivity contribution in [2.24, 2.45) is 4.99 Å². The van der Waals surface area contributed by atoms with Crippen LogP contribution in [0.3, 0.4) is 0 Å². The molecule has 2 aromatic rings. The van der Waals surface area contributed by atoms with Crippen LogP contribution < -0.4 is 4.90 Å². The van der Waals surface area contributed by atoms with Crippen LogP contribution in [0.4, 0.5) is 14.5 Å². The molecule has 25 heavy (non-hydrogen) atoms. The summed E-state index contributed by atoms with van der Waals surface area (Å²) in [6, 6.07) is 5.49. The number of hydrogen-bond acceptors (Lipinski definition) is 3. The van der Waals surface area contributed by atoms with E-state index in [9.17, 15) is 8.78 Å². The normalized spacial score (nSPS) is 16.0. The molecule has 0 unspecified atom stereocenters.